The molecule has 510 valence electrons. The number of thiophene rings is 2. The van der Waals surface area contributed by atoms with Crippen LogP contribution in [0.1, 0.15) is 0 Å². The van der Waals surface area contributed by atoms with E-state index in [0.29, 0.717) is 0 Å². The van der Waals surface area contributed by atoms with Gasteiger partial charge >= 0.3 is 0 Å². The third-order valence-electron chi connectivity index (χ3n) is 20.7. The van der Waals surface area contributed by atoms with Gasteiger partial charge in [0.05, 0.1) is 11.4 Å². The van der Waals surface area contributed by atoms with E-state index < -0.39 is 0 Å². The molecular weight excluding hydrogens is 1350 g/mol. The molecule has 0 unspecified atom stereocenters. The van der Waals surface area contributed by atoms with E-state index in [1.165, 1.54) is 73.4 Å². The Morgan fingerprint density at radius 2 is 0.500 bits per heavy atom. The van der Waals surface area contributed by atoms with Crippen LogP contribution in [0.25, 0.3) is 117 Å². The maximum atomic E-state index is 6.45. The first-order chi connectivity index (χ1) is 53.5. The van der Waals surface area contributed by atoms with E-state index in [0.717, 1.165) is 112 Å². The standard InChI is InChI=1S/C52H34N2OS.C48H32N2OS/c1-3-14-39(15-4-1)53(40-16-5-2-6-17-40)43-29-31-46-51(34-43)56-50-21-11-19-47(52(46)50)54(42-28-30-45-44-18-9-10-20-48(44)55-49(45)33-42)41-26-24-36(25-27-41)38-23-22-35-12-7-8-13-37(35)32-38;1-4-13-33(14-5-1)34-23-25-37(26-24-34)50(38-27-29-41-40-19-10-11-21-44(40)51-45(41)31-38)43-20-12-22-46-48(43)42-30-28-39(32-47(42)52-46)49(35-15-6-2-7-16-35)36-17-8-3-9-18-36/h1-34H;1-32H. The Bertz CT molecular complexity index is 6800. The molecule has 0 bridgehead atoms. The van der Waals surface area contributed by atoms with Crippen molar-refractivity contribution in [2.24, 2.45) is 0 Å². The van der Waals surface area contributed by atoms with Crippen LogP contribution in [0.2, 0.25) is 0 Å². The third kappa shape index (κ3) is 11.7. The molecule has 6 nitrogen and oxygen atoms in total. The van der Waals surface area contributed by atoms with Gasteiger partial charge in [0.15, 0.2) is 0 Å². The molecule has 0 radical (unpaired) electrons. The van der Waals surface area contributed by atoms with E-state index in [1.54, 1.807) is 0 Å². The molecule has 4 aromatic heterocycles. The second kappa shape index (κ2) is 27.4. The highest BCUT2D eigenvalue weighted by Gasteiger charge is 2.25. The molecule has 0 aliphatic carbocycles. The Labute approximate surface area is 632 Å². The van der Waals surface area contributed by atoms with Gasteiger partial charge in [0.2, 0.25) is 0 Å². The Balaban J connectivity index is 0.000000143. The molecule has 0 amide bonds. The average Bonchev–Trinajstić information content (AvgIpc) is 1.58. The van der Waals surface area contributed by atoms with Crippen LogP contribution in [0.15, 0.2) is 409 Å². The Kier molecular flexibility index (Phi) is 16.2. The smallest absolute Gasteiger partial charge is 0.137 e. The van der Waals surface area contributed by atoms with Crippen molar-refractivity contribution in [3.8, 4) is 22.3 Å². The molecule has 0 atom stereocenters. The molecule has 0 aliphatic rings. The lowest BCUT2D eigenvalue weighted by atomic mass is 10.0. The summed E-state index contributed by atoms with van der Waals surface area (Å²) in [6.07, 6.45) is 0. The lowest BCUT2D eigenvalue weighted by molar-refractivity contribution is 0.668. The van der Waals surface area contributed by atoms with Gasteiger partial charge in [-0.15, -0.1) is 22.7 Å². The van der Waals surface area contributed by atoms with Crippen LogP contribution in [0.3, 0.4) is 0 Å². The molecular formula is C100H66N4O2S2. The van der Waals surface area contributed by atoms with E-state index in [2.05, 4.69) is 396 Å². The molecule has 0 fully saturated rings. The van der Waals surface area contributed by atoms with Gasteiger partial charge < -0.3 is 28.4 Å². The molecule has 108 heavy (non-hydrogen) atoms. The summed E-state index contributed by atoms with van der Waals surface area (Å²) in [7, 11) is 0. The molecule has 21 rings (SSSR count). The number of anilines is 12. The summed E-state index contributed by atoms with van der Waals surface area (Å²) < 4.78 is 17.8. The van der Waals surface area contributed by atoms with E-state index in [1.807, 2.05) is 46.9 Å². The Hall–Kier alpha value is -13.8. The van der Waals surface area contributed by atoms with Gasteiger partial charge in [-0.1, -0.05) is 224 Å². The van der Waals surface area contributed by atoms with Crippen molar-refractivity contribution < 1.29 is 8.83 Å². The number of para-hydroxylation sites is 6. The van der Waals surface area contributed by atoms with Crippen LogP contribution in [0.5, 0.6) is 0 Å². The van der Waals surface area contributed by atoms with Crippen LogP contribution in [-0.4, -0.2) is 0 Å². The van der Waals surface area contributed by atoms with Gasteiger partial charge in [0.25, 0.3) is 0 Å². The molecule has 0 N–H and O–H groups in total. The summed E-state index contributed by atoms with van der Waals surface area (Å²) in [5.41, 5.74) is 21.5. The number of hydrogen-bond acceptors (Lipinski definition) is 8. The maximum absolute atomic E-state index is 6.45. The van der Waals surface area contributed by atoms with Crippen molar-refractivity contribution in [1.29, 1.82) is 0 Å². The topological polar surface area (TPSA) is 39.2 Å². The minimum atomic E-state index is 0.871. The van der Waals surface area contributed by atoms with Gasteiger partial charge in [-0.05, 0) is 197 Å². The molecule has 0 aliphatic heterocycles. The number of nitrogens with zero attached hydrogens (tertiary/aromatic N) is 4. The van der Waals surface area contributed by atoms with Crippen LogP contribution in [0, 0.1) is 0 Å². The normalized spacial score (nSPS) is 11.5. The molecule has 0 saturated carbocycles. The zero-order chi connectivity index (χ0) is 71.4. The van der Waals surface area contributed by atoms with Gasteiger partial charge in [-0.25, -0.2) is 0 Å². The molecule has 0 saturated heterocycles. The lowest BCUT2D eigenvalue weighted by Crippen LogP contribution is -2.10. The van der Waals surface area contributed by atoms with Crippen molar-refractivity contribution in [2.75, 3.05) is 19.6 Å². The number of benzene rings is 17. The van der Waals surface area contributed by atoms with Crippen LogP contribution < -0.4 is 19.6 Å². The predicted molar refractivity (Wildman–Crippen MR) is 460 cm³/mol. The average molecular weight is 1420 g/mol. The van der Waals surface area contributed by atoms with Gasteiger partial charge in [-0.3, -0.25) is 0 Å². The summed E-state index contributed by atoms with van der Waals surface area (Å²) in [5.74, 6) is 0. The zero-order valence-electron chi connectivity index (χ0n) is 58.5. The number of hydrogen-bond donors (Lipinski definition) is 0. The predicted octanol–water partition coefficient (Wildman–Crippen LogP) is 30.3. The van der Waals surface area contributed by atoms with Crippen molar-refractivity contribution in [2.45, 2.75) is 0 Å². The third-order valence-corrected chi connectivity index (χ3v) is 22.9. The van der Waals surface area contributed by atoms with Gasteiger partial charge in [0.1, 0.15) is 22.3 Å². The van der Waals surface area contributed by atoms with E-state index in [4.69, 9.17) is 8.83 Å². The zero-order valence-corrected chi connectivity index (χ0v) is 60.2. The fraction of sp³-hybridized carbons (Fsp3) is 0. The molecule has 8 heteroatoms. The highest BCUT2D eigenvalue weighted by atomic mass is 32.1. The highest BCUT2D eigenvalue weighted by molar-refractivity contribution is 7.26. The molecule has 0 spiro atoms. The minimum absolute atomic E-state index is 0.871. The summed E-state index contributed by atoms with van der Waals surface area (Å²) in [6.45, 7) is 0. The van der Waals surface area contributed by atoms with Crippen molar-refractivity contribution in [3.63, 3.8) is 0 Å². The molecule has 4 heterocycles. The van der Waals surface area contributed by atoms with Crippen molar-refractivity contribution >= 4 is 186 Å². The largest absolute Gasteiger partial charge is 0.456 e. The summed E-state index contributed by atoms with van der Waals surface area (Å²) in [6, 6.07) is 143. The first-order valence-electron chi connectivity index (χ1n) is 36.4. The highest BCUT2D eigenvalue weighted by Crippen LogP contribution is 2.51. The number of rotatable bonds is 14. The second-order valence-electron chi connectivity index (χ2n) is 27.1. The Morgan fingerprint density at radius 1 is 0.176 bits per heavy atom. The minimum Gasteiger partial charge on any atom is -0.456 e. The van der Waals surface area contributed by atoms with Crippen LogP contribution in [-0.2, 0) is 0 Å². The maximum Gasteiger partial charge on any atom is 0.137 e. The monoisotopic (exact) mass is 1420 g/mol. The summed E-state index contributed by atoms with van der Waals surface area (Å²) >= 11 is 3.68. The summed E-state index contributed by atoms with van der Waals surface area (Å²) in [5, 5.41) is 11.9. The summed E-state index contributed by atoms with van der Waals surface area (Å²) in [4.78, 5) is 9.42. The molecule has 17 aromatic carbocycles. The van der Waals surface area contributed by atoms with E-state index in [9.17, 15) is 0 Å². The first-order valence-corrected chi connectivity index (χ1v) is 38.1. The second-order valence-corrected chi connectivity index (χ2v) is 29.3. The first kappa shape index (κ1) is 63.9. The van der Waals surface area contributed by atoms with E-state index >= 15 is 0 Å². The fourth-order valence-corrected chi connectivity index (χ4v) is 17.9. The fourth-order valence-electron chi connectivity index (χ4n) is 15.6. The van der Waals surface area contributed by atoms with Crippen LogP contribution >= 0.6 is 22.7 Å². The number of fused-ring (bicyclic) bond motifs is 13. The quantitative estimate of drug-likeness (QED) is 0.108. The lowest BCUT2D eigenvalue weighted by Gasteiger charge is -2.27. The SMILES string of the molecule is c1ccc(-c2ccc(N(c3ccc4c(c3)oc3ccccc34)c3cccc4sc5cc(N(c6ccccc6)c6ccccc6)ccc5c34)cc2)cc1.c1ccc(N(c2ccccc2)c2ccc3c(c2)sc2cccc(N(c4ccc(-c5ccc6ccccc6c5)cc4)c4ccc5c(c4)oc4ccccc45)c23)cc1. The molecule has 21 aromatic rings. The van der Waals surface area contributed by atoms with Crippen molar-refractivity contribution in [3.05, 3.63) is 400 Å². The van der Waals surface area contributed by atoms with Gasteiger partial charge in [-0.2, -0.15) is 0 Å². The van der Waals surface area contributed by atoms with Gasteiger partial charge in [0, 0.05) is 131 Å². The number of furan rings is 2. The Morgan fingerprint density at radius 3 is 0.944 bits per heavy atom. The van der Waals surface area contributed by atoms with E-state index in [-0.39, 0.29) is 0 Å². The van der Waals surface area contributed by atoms with Crippen molar-refractivity contribution in [1.82, 2.24) is 0 Å². The van der Waals surface area contributed by atoms with Crippen LogP contribution in [0.4, 0.5) is 68.2 Å².